The van der Waals surface area contributed by atoms with Gasteiger partial charge in [-0.3, -0.25) is 9.36 Å². The molecule has 0 saturated carbocycles. The van der Waals surface area contributed by atoms with Gasteiger partial charge in [0.25, 0.3) is 0 Å². The standard InChI is InChI=1S/C17H24ClN5O2/c1-5-17(7-18)11(4)6-12(25-17)23-9-21-13-14(19-8-20-15(13)23)22-16(24)10(2)3/h8-12H,5-7H2,1-4H3,(H,19,20,22,24)/t11-,12+,17-/m0/s1. The molecular weight excluding hydrogens is 342 g/mol. The second-order valence-corrected chi connectivity index (χ2v) is 7.22. The van der Waals surface area contributed by atoms with Gasteiger partial charge >= 0.3 is 0 Å². The van der Waals surface area contributed by atoms with Crippen LogP contribution in [0.5, 0.6) is 0 Å². The Morgan fingerprint density at radius 3 is 2.84 bits per heavy atom. The zero-order valence-corrected chi connectivity index (χ0v) is 15.7. The number of carbonyl (C=O) groups is 1. The van der Waals surface area contributed by atoms with Gasteiger partial charge < -0.3 is 10.1 Å². The van der Waals surface area contributed by atoms with Crippen molar-refractivity contribution in [1.82, 2.24) is 19.5 Å². The van der Waals surface area contributed by atoms with Gasteiger partial charge in [-0.05, 0) is 18.8 Å². The van der Waals surface area contributed by atoms with Crippen molar-refractivity contribution >= 4 is 34.5 Å². The molecular formula is C17H24ClN5O2. The van der Waals surface area contributed by atoms with Crippen molar-refractivity contribution in [3.8, 4) is 0 Å². The molecule has 2 aromatic heterocycles. The Morgan fingerprint density at radius 2 is 2.24 bits per heavy atom. The zero-order chi connectivity index (χ0) is 18.2. The number of hydrogen-bond donors (Lipinski definition) is 1. The van der Waals surface area contributed by atoms with Gasteiger partial charge in [-0.1, -0.05) is 27.7 Å². The molecule has 3 heterocycles. The van der Waals surface area contributed by atoms with E-state index in [1.807, 2.05) is 18.4 Å². The van der Waals surface area contributed by atoms with Crippen molar-refractivity contribution in [3.63, 3.8) is 0 Å². The van der Waals surface area contributed by atoms with Crippen LogP contribution in [0.3, 0.4) is 0 Å². The van der Waals surface area contributed by atoms with E-state index in [-0.39, 0.29) is 23.7 Å². The monoisotopic (exact) mass is 365 g/mol. The van der Waals surface area contributed by atoms with Gasteiger partial charge in [-0.15, -0.1) is 11.6 Å². The lowest BCUT2D eigenvalue weighted by Gasteiger charge is -2.29. The van der Waals surface area contributed by atoms with Crippen molar-refractivity contribution in [2.24, 2.45) is 11.8 Å². The minimum absolute atomic E-state index is 0.104. The maximum Gasteiger partial charge on any atom is 0.228 e. The average molecular weight is 366 g/mol. The average Bonchev–Trinajstić information content (AvgIpc) is 3.16. The Morgan fingerprint density at radius 1 is 1.48 bits per heavy atom. The SMILES string of the molecule is CC[C@@]1(CCl)O[C@@H](n2cnc3c(NC(=O)C(C)C)ncnc32)C[C@@H]1C. The molecule has 0 bridgehead atoms. The van der Waals surface area contributed by atoms with Gasteiger partial charge in [0.15, 0.2) is 17.0 Å². The predicted octanol–water partition coefficient (Wildman–Crippen LogP) is 3.36. The van der Waals surface area contributed by atoms with E-state index in [2.05, 4.69) is 34.1 Å². The van der Waals surface area contributed by atoms with Crippen LogP contribution in [0.4, 0.5) is 5.82 Å². The van der Waals surface area contributed by atoms with Crippen LogP contribution in [0.2, 0.25) is 0 Å². The fraction of sp³-hybridized carbons (Fsp3) is 0.647. The van der Waals surface area contributed by atoms with Crippen LogP contribution >= 0.6 is 11.6 Å². The van der Waals surface area contributed by atoms with Crippen molar-refractivity contribution in [2.75, 3.05) is 11.2 Å². The minimum atomic E-state index is -0.329. The summed E-state index contributed by atoms with van der Waals surface area (Å²) in [5.74, 6) is 0.970. The number of carbonyl (C=O) groups excluding carboxylic acids is 1. The molecule has 1 saturated heterocycles. The number of fused-ring (bicyclic) bond motifs is 1. The predicted molar refractivity (Wildman–Crippen MR) is 96.4 cm³/mol. The van der Waals surface area contributed by atoms with Crippen LogP contribution in [0, 0.1) is 11.8 Å². The number of amides is 1. The first-order valence-electron chi connectivity index (χ1n) is 8.64. The van der Waals surface area contributed by atoms with Crippen LogP contribution in [-0.4, -0.2) is 36.9 Å². The van der Waals surface area contributed by atoms with Crippen LogP contribution < -0.4 is 5.32 Å². The van der Waals surface area contributed by atoms with Gasteiger partial charge in [0.05, 0.1) is 17.8 Å². The number of nitrogens with zero attached hydrogens (tertiary/aromatic N) is 4. The largest absolute Gasteiger partial charge is 0.350 e. The summed E-state index contributed by atoms with van der Waals surface area (Å²) in [6.45, 7) is 7.91. The summed E-state index contributed by atoms with van der Waals surface area (Å²) in [7, 11) is 0. The summed E-state index contributed by atoms with van der Waals surface area (Å²) < 4.78 is 8.22. The topological polar surface area (TPSA) is 81.9 Å². The molecule has 0 radical (unpaired) electrons. The number of halogens is 1. The van der Waals surface area contributed by atoms with Crippen molar-refractivity contribution < 1.29 is 9.53 Å². The molecule has 2 aromatic rings. The summed E-state index contributed by atoms with van der Waals surface area (Å²) in [6.07, 6.45) is 4.64. The Bertz CT molecular complexity index is 771. The van der Waals surface area contributed by atoms with E-state index >= 15 is 0 Å². The fourth-order valence-corrected chi connectivity index (χ4v) is 3.74. The van der Waals surface area contributed by atoms with Gasteiger partial charge in [-0.2, -0.15) is 0 Å². The lowest BCUT2D eigenvalue weighted by molar-refractivity contribution is -0.118. The smallest absolute Gasteiger partial charge is 0.228 e. The summed E-state index contributed by atoms with van der Waals surface area (Å²) in [4.78, 5) is 24.9. The molecule has 0 aromatic carbocycles. The number of hydrogen-bond acceptors (Lipinski definition) is 5. The molecule has 1 fully saturated rings. The molecule has 1 aliphatic rings. The van der Waals surface area contributed by atoms with E-state index in [9.17, 15) is 4.79 Å². The van der Waals surface area contributed by atoms with E-state index in [1.165, 1.54) is 6.33 Å². The van der Waals surface area contributed by atoms with E-state index in [4.69, 9.17) is 16.3 Å². The summed E-state index contributed by atoms with van der Waals surface area (Å²) >= 11 is 6.19. The third-order valence-corrected chi connectivity index (χ3v) is 5.54. The van der Waals surface area contributed by atoms with E-state index < -0.39 is 0 Å². The third kappa shape index (κ3) is 3.11. The number of anilines is 1. The maximum absolute atomic E-state index is 12.0. The number of imidazole rings is 1. The van der Waals surface area contributed by atoms with Gasteiger partial charge in [-0.25, -0.2) is 15.0 Å². The molecule has 136 valence electrons. The number of nitrogens with one attached hydrogen (secondary N) is 1. The quantitative estimate of drug-likeness (QED) is 0.821. The zero-order valence-electron chi connectivity index (χ0n) is 15.0. The molecule has 0 spiro atoms. The lowest BCUT2D eigenvalue weighted by atomic mass is 9.88. The van der Waals surface area contributed by atoms with Crippen molar-refractivity contribution in [1.29, 1.82) is 0 Å². The van der Waals surface area contributed by atoms with E-state index in [1.54, 1.807) is 6.33 Å². The summed E-state index contributed by atoms with van der Waals surface area (Å²) in [6, 6.07) is 0. The van der Waals surface area contributed by atoms with Crippen LogP contribution in [0.25, 0.3) is 11.2 Å². The first kappa shape index (κ1) is 18.1. The molecule has 1 N–H and O–H groups in total. The third-order valence-electron chi connectivity index (χ3n) is 5.08. The molecule has 25 heavy (non-hydrogen) atoms. The normalized spacial score (nSPS) is 26.5. The highest BCUT2D eigenvalue weighted by Crippen LogP contribution is 2.44. The molecule has 0 unspecified atom stereocenters. The second-order valence-electron chi connectivity index (χ2n) is 6.95. The molecule has 0 aliphatic carbocycles. The molecule has 7 nitrogen and oxygen atoms in total. The van der Waals surface area contributed by atoms with Crippen molar-refractivity contribution in [2.45, 2.75) is 52.4 Å². The molecule has 3 atom stereocenters. The number of ether oxygens (including phenoxy) is 1. The Balaban J connectivity index is 1.93. The number of aromatic nitrogens is 4. The van der Waals surface area contributed by atoms with Crippen LogP contribution in [0.15, 0.2) is 12.7 Å². The van der Waals surface area contributed by atoms with Crippen LogP contribution in [-0.2, 0) is 9.53 Å². The second kappa shape index (κ2) is 6.88. The first-order chi connectivity index (χ1) is 11.9. The Hall–Kier alpha value is -1.73. The highest BCUT2D eigenvalue weighted by atomic mass is 35.5. The Kier molecular flexibility index (Phi) is 4.97. The molecule has 3 rings (SSSR count). The fourth-order valence-electron chi connectivity index (χ4n) is 3.23. The minimum Gasteiger partial charge on any atom is -0.350 e. The van der Waals surface area contributed by atoms with Crippen molar-refractivity contribution in [3.05, 3.63) is 12.7 Å². The molecule has 1 aliphatic heterocycles. The highest BCUT2D eigenvalue weighted by molar-refractivity contribution is 6.18. The number of rotatable bonds is 5. The van der Waals surface area contributed by atoms with E-state index in [0.29, 0.717) is 28.8 Å². The lowest BCUT2D eigenvalue weighted by Crippen LogP contribution is -2.35. The highest BCUT2D eigenvalue weighted by Gasteiger charge is 2.45. The Labute approximate surface area is 152 Å². The van der Waals surface area contributed by atoms with E-state index in [0.717, 1.165) is 12.8 Å². The molecule has 8 heteroatoms. The maximum atomic E-state index is 12.0. The van der Waals surface area contributed by atoms with Crippen LogP contribution in [0.1, 0.15) is 46.8 Å². The van der Waals surface area contributed by atoms with Gasteiger partial charge in [0.2, 0.25) is 5.91 Å². The molecule has 1 amide bonds. The summed E-state index contributed by atoms with van der Waals surface area (Å²) in [5.41, 5.74) is 0.880. The van der Waals surface area contributed by atoms with Gasteiger partial charge in [0.1, 0.15) is 12.6 Å². The summed E-state index contributed by atoms with van der Waals surface area (Å²) in [5, 5.41) is 2.81. The number of alkyl halides is 1. The van der Waals surface area contributed by atoms with Gasteiger partial charge in [0, 0.05) is 5.92 Å². The first-order valence-corrected chi connectivity index (χ1v) is 9.17.